The maximum Gasteiger partial charge on any atom is 0.228 e. The molecule has 4 rings (SSSR count). The van der Waals surface area contributed by atoms with Gasteiger partial charge >= 0.3 is 0 Å². The second-order valence-corrected chi connectivity index (χ2v) is 6.55. The van der Waals surface area contributed by atoms with E-state index in [1.54, 1.807) is 18.9 Å². The second kappa shape index (κ2) is 6.51. The number of nitrogens with zero attached hydrogens (tertiary/aromatic N) is 5. The summed E-state index contributed by atoms with van der Waals surface area (Å²) in [6, 6.07) is 8.17. The normalized spacial score (nSPS) is 15.1. The summed E-state index contributed by atoms with van der Waals surface area (Å²) < 4.78 is 3.76. The van der Waals surface area contributed by atoms with Crippen LogP contribution in [0.5, 0.6) is 0 Å². The molecule has 2 aromatic heterocycles. The Morgan fingerprint density at radius 2 is 1.96 bits per heavy atom. The third-order valence-corrected chi connectivity index (χ3v) is 4.62. The number of rotatable bonds is 6. The molecule has 25 heavy (non-hydrogen) atoms. The Morgan fingerprint density at radius 3 is 2.64 bits per heavy atom. The van der Waals surface area contributed by atoms with Crippen LogP contribution in [0.1, 0.15) is 31.4 Å². The largest absolute Gasteiger partial charge is 0.323 e. The van der Waals surface area contributed by atoms with E-state index in [0.717, 1.165) is 22.9 Å². The molecule has 2 heterocycles. The highest BCUT2D eigenvalue weighted by Gasteiger charge is 2.29. The third-order valence-electron chi connectivity index (χ3n) is 4.62. The molecule has 0 radical (unpaired) electrons. The number of carbonyl (C=O) groups excluding carboxylic acids is 1. The first-order valence-corrected chi connectivity index (χ1v) is 8.47. The number of carbonyl (C=O) groups is 1. The molecule has 0 saturated heterocycles. The van der Waals surface area contributed by atoms with Crippen LogP contribution < -0.4 is 5.32 Å². The van der Waals surface area contributed by atoms with E-state index in [2.05, 4.69) is 27.5 Å². The Hall–Kier alpha value is -2.96. The Morgan fingerprint density at radius 1 is 1.24 bits per heavy atom. The molecule has 128 valence electrons. The van der Waals surface area contributed by atoms with Gasteiger partial charge in [-0.25, -0.2) is 0 Å². The van der Waals surface area contributed by atoms with Crippen molar-refractivity contribution in [3.63, 3.8) is 0 Å². The Kier molecular flexibility index (Phi) is 4.05. The van der Waals surface area contributed by atoms with Crippen LogP contribution in [0.25, 0.3) is 5.69 Å². The van der Waals surface area contributed by atoms with Gasteiger partial charge in [-0.15, -0.1) is 10.2 Å². The molecule has 7 heteroatoms. The number of anilines is 1. The molecule has 1 aliphatic rings. The molecule has 1 aliphatic carbocycles. The summed E-state index contributed by atoms with van der Waals surface area (Å²) in [5, 5.41) is 14.9. The number of benzene rings is 1. The summed E-state index contributed by atoms with van der Waals surface area (Å²) in [5.41, 5.74) is 2.66. The van der Waals surface area contributed by atoms with Gasteiger partial charge in [-0.1, -0.05) is 12.1 Å². The third kappa shape index (κ3) is 3.60. The molecule has 0 bridgehead atoms. The minimum atomic E-state index is -0.0457. The highest BCUT2D eigenvalue weighted by molar-refractivity contribution is 5.92. The van der Waals surface area contributed by atoms with Crippen LogP contribution in [0.3, 0.4) is 0 Å². The van der Waals surface area contributed by atoms with Gasteiger partial charge in [0, 0.05) is 11.9 Å². The zero-order valence-corrected chi connectivity index (χ0v) is 14.0. The number of hydrogen-bond acceptors (Lipinski definition) is 4. The van der Waals surface area contributed by atoms with Crippen molar-refractivity contribution in [1.82, 2.24) is 24.5 Å². The average molecular weight is 336 g/mol. The molecule has 1 atom stereocenters. The zero-order valence-electron chi connectivity index (χ0n) is 14.0. The van der Waals surface area contributed by atoms with Gasteiger partial charge in [0.15, 0.2) is 0 Å². The van der Waals surface area contributed by atoms with Gasteiger partial charge < -0.3 is 5.32 Å². The molecule has 1 N–H and O–H groups in total. The van der Waals surface area contributed by atoms with Crippen LogP contribution >= 0.6 is 0 Å². The summed E-state index contributed by atoms with van der Waals surface area (Å²) in [4.78, 5) is 12.2. The highest BCUT2D eigenvalue weighted by Crippen LogP contribution is 2.39. The predicted molar refractivity (Wildman–Crippen MR) is 93.4 cm³/mol. The number of hydrogen-bond donors (Lipinski definition) is 1. The van der Waals surface area contributed by atoms with Crippen molar-refractivity contribution in [1.29, 1.82) is 0 Å². The van der Waals surface area contributed by atoms with E-state index in [1.165, 1.54) is 12.8 Å². The molecule has 0 aliphatic heterocycles. The topological polar surface area (TPSA) is 77.6 Å². The van der Waals surface area contributed by atoms with Gasteiger partial charge in [0.2, 0.25) is 5.91 Å². The smallest absolute Gasteiger partial charge is 0.228 e. The number of amides is 1. The van der Waals surface area contributed by atoms with E-state index in [4.69, 9.17) is 0 Å². The lowest BCUT2D eigenvalue weighted by Crippen LogP contribution is -2.14. The van der Waals surface area contributed by atoms with Crippen LogP contribution in [-0.4, -0.2) is 30.5 Å². The Labute approximate surface area is 145 Å². The van der Waals surface area contributed by atoms with Gasteiger partial charge in [0.1, 0.15) is 12.7 Å². The van der Waals surface area contributed by atoms with Gasteiger partial charge in [0.05, 0.1) is 24.3 Å². The lowest BCUT2D eigenvalue weighted by molar-refractivity contribution is -0.115. The van der Waals surface area contributed by atoms with Crippen LogP contribution in [0.2, 0.25) is 0 Å². The molecule has 3 aromatic rings. The molecular formula is C18H20N6O. The van der Waals surface area contributed by atoms with E-state index in [1.807, 2.05) is 39.7 Å². The lowest BCUT2D eigenvalue weighted by atomic mass is 10.1. The van der Waals surface area contributed by atoms with E-state index in [9.17, 15) is 4.79 Å². The Bertz CT molecular complexity index is 848. The zero-order chi connectivity index (χ0) is 17.2. The standard InChI is InChI=1S/C18H20N6O/c1-13(15-4-5-15)24-10-16(9-21-24)22-18(25)8-14-2-6-17(7-3-14)23-11-19-20-12-23/h2-3,6-7,9-13,15H,4-5,8H2,1H3,(H,22,25). The van der Waals surface area contributed by atoms with Gasteiger partial charge in [-0.2, -0.15) is 5.10 Å². The summed E-state index contributed by atoms with van der Waals surface area (Å²) in [5.74, 6) is 0.684. The molecule has 7 nitrogen and oxygen atoms in total. The fourth-order valence-electron chi connectivity index (χ4n) is 2.93. The average Bonchev–Trinajstić information content (AvgIpc) is 3.12. The molecular weight excluding hydrogens is 316 g/mol. The first-order valence-electron chi connectivity index (χ1n) is 8.47. The predicted octanol–water partition coefficient (Wildman–Crippen LogP) is 2.62. The first-order chi connectivity index (χ1) is 12.2. The molecule has 0 spiro atoms. The fraction of sp³-hybridized carbons (Fsp3) is 0.333. The summed E-state index contributed by atoms with van der Waals surface area (Å²) >= 11 is 0. The molecule has 1 unspecified atom stereocenters. The van der Waals surface area contributed by atoms with Gasteiger partial charge in [0.25, 0.3) is 0 Å². The number of nitrogens with one attached hydrogen (secondary N) is 1. The summed E-state index contributed by atoms with van der Waals surface area (Å²) in [6.45, 7) is 2.17. The van der Waals surface area contributed by atoms with Crippen LogP contribution in [0.4, 0.5) is 5.69 Å². The van der Waals surface area contributed by atoms with Crippen molar-refractivity contribution >= 4 is 11.6 Å². The maximum atomic E-state index is 12.2. The molecule has 1 amide bonds. The lowest BCUT2D eigenvalue weighted by Gasteiger charge is -2.09. The van der Waals surface area contributed by atoms with Crippen molar-refractivity contribution in [2.24, 2.45) is 5.92 Å². The number of aromatic nitrogens is 5. The SMILES string of the molecule is CC(C1CC1)n1cc(NC(=O)Cc2ccc(-n3cnnc3)cc2)cn1. The fourth-order valence-corrected chi connectivity index (χ4v) is 2.93. The van der Waals surface area contributed by atoms with Crippen LogP contribution in [0.15, 0.2) is 49.3 Å². The van der Waals surface area contributed by atoms with Crippen molar-refractivity contribution < 1.29 is 4.79 Å². The maximum absolute atomic E-state index is 12.2. The van der Waals surface area contributed by atoms with Crippen LogP contribution in [0, 0.1) is 5.92 Å². The molecule has 1 aromatic carbocycles. The van der Waals surface area contributed by atoms with Crippen molar-refractivity contribution in [3.05, 3.63) is 54.9 Å². The first kappa shape index (κ1) is 15.6. The van der Waals surface area contributed by atoms with Gasteiger partial charge in [-0.05, 0) is 43.4 Å². The van der Waals surface area contributed by atoms with E-state index >= 15 is 0 Å². The minimum Gasteiger partial charge on any atom is -0.323 e. The second-order valence-electron chi connectivity index (χ2n) is 6.55. The van der Waals surface area contributed by atoms with Crippen molar-refractivity contribution in [2.45, 2.75) is 32.2 Å². The van der Waals surface area contributed by atoms with Crippen molar-refractivity contribution in [2.75, 3.05) is 5.32 Å². The summed E-state index contributed by atoms with van der Waals surface area (Å²) in [6.07, 6.45) is 9.78. The van der Waals surface area contributed by atoms with E-state index in [-0.39, 0.29) is 5.91 Å². The highest BCUT2D eigenvalue weighted by atomic mass is 16.1. The monoisotopic (exact) mass is 336 g/mol. The van der Waals surface area contributed by atoms with Crippen molar-refractivity contribution in [3.8, 4) is 5.69 Å². The summed E-state index contributed by atoms with van der Waals surface area (Å²) in [7, 11) is 0. The van der Waals surface area contributed by atoms with E-state index in [0.29, 0.717) is 12.5 Å². The van der Waals surface area contributed by atoms with Crippen LogP contribution in [-0.2, 0) is 11.2 Å². The minimum absolute atomic E-state index is 0.0457. The van der Waals surface area contributed by atoms with Gasteiger partial charge in [-0.3, -0.25) is 14.0 Å². The quantitative estimate of drug-likeness (QED) is 0.750. The molecule has 1 fully saturated rings. The molecule has 1 saturated carbocycles. The van der Waals surface area contributed by atoms with E-state index < -0.39 is 0 Å². The Balaban J connectivity index is 1.35.